The summed E-state index contributed by atoms with van der Waals surface area (Å²) in [5, 5.41) is 3.22. The Bertz CT molecular complexity index is 827. The summed E-state index contributed by atoms with van der Waals surface area (Å²) in [6.07, 6.45) is 1.96. The quantitative estimate of drug-likeness (QED) is 0.816. The Balaban J connectivity index is 1.71. The molecule has 156 valence electrons. The van der Waals surface area contributed by atoms with E-state index in [1.54, 1.807) is 14.2 Å². The second kappa shape index (κ2) is 8.87. The first-order chi connectivity index (χ1) is 13.8. The molecule has 0 radical (unpaired) electrons. The number of hydrogen-bond acceptors (Lipinski definition) is 4. The summed E-state index contributed by atoms with van der Waals surface area (Å²) in [7, 11) is 3.26. The molecular formula is C24H32N2O3. The highest BCUT2D eigenvalue weighted by molar-refractivity contribution is 5.95. The van der Waals surface area contributed by atoms with E-state index >= 15 is 0 Å². The molecule has 0 aliphatic carbocycles. The smallest absolute Gasteiger partial charge is 0.251 e. The molecule has 29 heavy (non-hydrogen) atoms. The van der Waals surface area contributed by atoms with E-state index in [4.69, 9.17) is 9.47 Å². The molecule has 1 fully saturated rings. The molecule has 1 aliphatic heterocycles. The molecule has 1 aliphatic rings. The van der Waals surface area contributed by atoms with E-state index in [1.807, 2.05) is 42.5 Å². The first kappa shape index (κ1) is 21.2. The molecular weight excluding hydrogens is 364 g/mol. The Hall–Kier alpha value is -2.53. The minimum absolute atomic E-state index is 0.0177. The summed E-state index contributed by atoms with van der Waals surface area (Å²) >= 11 is 0. The standard InChI is InChI=1S/C24H32N2O3/c1-24(2,3)26-11-9-20(10-12-26)25-23(27)18-8-6-7-17(13-18)19-14-21(28-4)16-22(15-19)29-5/h6-8,13-16,20H,9-12H2,1-5H3,(H,25,27). The SMILES string of the molecule is COc1cc(OC)cc(-c2cccc(C(=O)NC3CCN(C(C)(C)C)CC3)c2)c1. The van der Waals surface area contributed by atoms with E-state index in [0.29, 0.717) is 5.56 Å². The van der Waals surface area contributed by atoms with Crippen LogP contribution in [0.5, 0.6) is 11.5 Å². The van der Waals surface area contributed by atoms with Crippen LogP contribution in [0.2, 0.25) is 0 Å². The van der Waals surface area contributed by atoms with Crippen LogP contribution >= 0.6 is 0 Å². The number of rotatable bonds is 5. The van der Waals surface area contributed by atoms with Gasteiger partial charge >= 0.3 is 0 Å². The summed E-state index contributed by atoms with van der Waals surface area (Å²) < 4.78 is 10.7. The summed E-state index contributed by atoms with van der Waals surface area (Å²) in [4.78, 5) is 15.3. The minimum Gasteiger partial charge on any atom is -0.497 e. The Morgan fingerprint density at radius 2 is 1.59 bits per heavy atom. The molecule has 0 saturated carbocycles. The van der Waals surface area contributed by atoms with Crippen molar-refractivity contribution in [3.63, 3.8) is 0 Å². The van der Waals surface area contributed by atoms with E-state index in [9.17, 15) is 4.79 Å². The van der Waals surface area contributed by atoms with Gasteiger partial charge in [-0.2, -0.15) is 0 Å². The van der Waals surface area contributed by atoms with Gasteiger partial charge in [-0.25, -0.2) is 0 Å². The third-order valence-corrected chi connectivity index (χ3v) is 5.59. The lowest BCUT2D eigenvalue weighted by Crippen LogP contribution is -2.50. The fourth-order valence-corrected chi connectivity index (χ4v) is 3.78. The number of piperidine rings is 1. The Morgan fingerprint density at radius 1 is 0.966 bits per heavy atom. The molecule has 2 aromatic carbocycles. The van der Waals surface area contributed by atoms with Crippen LogP contribution in [0.1, 0.15) is 44.0 Å². The second-order valence-corrected chi connectivity index (χ2v) is 8.59. The third-order valence-electron chi connectivity index (χ3n) is 5.59. The van der Waals surface area contributed by atoms with Crippen LogP contribution in [0, 0.1) is 0 Å². The fourth-order valence-electron chi connectivity index (χ4n) is 3.78. The third kappa shape index (κ3) is 5.30. The van der Waals surface area contributed by atoms with E-state index in [1.165, 1.54) is 0 Å². The number of hydrogen-bond donors (Lipinski definition) is 1. The number of nitrogens with one attached hydrogen (secondary N) is 1. The van der Waals surface area contributed by atoms with Crippen LogP contribution in [0.25, 0.3) is 11.1 Å². The molecule has 3 rings (SSSR count). The van der Waals surface area contributed by atoms with Crippen LogP contribution < -0.4 is 14.8 Å². The van der Waals surface area contributed by atoms with Crippen LogP contribution in [-0.2, 0) is 0 Å². The van der Waals surface area contributed by atoms with Crippen molar-refractivity contribution in [2.75, 3.05) is 27.3 Å². The van der Waals surface area contributed by atoms with E-state index in [2.05, 4.69) is 31.0 Å². The van der Waals surface area contributed by atoms with Crippen LogP contribution in [0.3, 0.4) is 0 Å². The van der Waals surface area contributed by atoms with E-state index in [-0.39, 0.29) is 17.5 Å². The van der Waals surface area contributed by atoms with Gasteiger partial charge in [-0.15, -0.1) is 0 Å². The zero-order valence-electron chi connectivity index (χ0n) is 18.1. The maximum absolute atomic E-state index is 12.8. The van der Waals surface area contributed by atoms with Gasteiger partial charge in [0.1, 0.15) is 11.5 Å². The Morgan fingerprint density at radius 3 is 2.14 bits per heavy atom. The van der Waals surface area contributed by atoms with E-state index < -0.39 is 0 Å². The lowest BCUT2D eigenvalue weighted by atomic mass is 9.97. The molecule has 0 bridgehead atoms. The monoisotopic (exact) mass is 396 g/mol. The predicted molar refractivity (Wildman–Crippen MR) is 117 cm³/mol. The van der Waals surface area contributed by atoms with Gasteiger partial charge in [-0.3, -0.25) is 9.69 Å². The zero-order valence-corrected chi connectivity index (χ0v) is 18.1. The lowest BCUT2D eigenvalue weighted by molar-refractivity contribution is 0.0812. The predicted octanol–water partition coefficient (Wildman–Crippen LogP) is 4.36. The average Bonchev–Trinajstić information content (AvgIpc) is 2.73. The molecule has 5 nitrogen and oxygen atoms in total. The zero-order chi connectivity index (χ0) is 21.0. The van der Waals surface area contributed by atoms with Gasteiger partial charge in [0.15, 0.2) is 0 Å². The molecule has 0 aromatic heterocycles. The van der Waals surface area contributed by atoms with Crippen LogP contribution in [-0.4, -0.2) is 49.7 Å². The lowest BCUT2D eigenvalue weighted by Gasteiger charge is -2.41. The number of likely N-dealkylation sites (tertiary alicyclic amines) is 1. The highest BCUT2D eigenvalue weighted by Gasteiger charge is 2.27. The summed E-state index contributed by atoms with van der Waals surface area (Å²) in [5.74, 6) is 1.43. The molecule has 2 aromatic rings. The van der Waals surface area contributed by atoms with Crippen LogP contribution in [0.15, 0.2) is 42.5 Å². The van der Waals surface area contributed by atoms with Crippen molar-refractivity contribution in [3.8, 4) is 22.6 Å². The largest absolute Gasteiger partial charge is 0.497 e. The number of benzene rings is 2. The number of amides is 1. The van der Waals surface area contributed by atoms with Crippen molar-refractivity contribution in [1.29, 1.82) is 0 Å². The highest BCUT2D eigenvalue weighted by Crippen LogP contribution is 2.30. The molecule has 1 N–H and O–H groups in total. The molecule has 1 amide bonds. The molecule has 5 heteroatoms. The number of nitrogens with zero attached hydrogens (tertiary/aromatic N) is 1. The van der Waals surface area contributed by atoms with Gasteiger partial charge in [0.25, 0.3) is 5.91 Å². The van der Waals surface area contributed by atoms with Gasteiger partial charge < -0.3 is 14.8 Å². The number of carbonyl (C=O) groups is 1. The molecule has 1 heterocycles. The first-order valence-electron chi connectivity index (χ1n) is 10.2. The maximum atomic E-state index is 12.8. The summed E-state index contributed by atoms with van der Waals surface area (Å²) in [5.41, 5.74) is 2.76. The minimum atomic E-state index is -0.0177. The number of methoxy groups -OCH3 is 2. The van der Waals surface area contributed by atoms with Gasteiger partial charge in [0.2, 0.25) is 0 Å². The molecule has 1 saturated heterocycles. The maximum Gasteiger partial charge on any atom is 0.251 e. The van der Waals surface area contributed by atoms with Crippen molar-refractivity contribution < 1.29 is 14.3 Å². The topological polar surface area (TPSA) is 50.8 Å². The van der Waals surface area contributed by atoms with Gasteiger partial charge in [-0.05, 0) is 69.0 Å². The number of carbonyl (C=O) groups excluding carboxylic acids is 1. The first-order valence-corrected chi connectivity index (χ1v) is 10.2. The van der Waals surface area contributed by atoms with Crippen molar-refractivity contribution >= 4 is 5.91 Å². The molecule has 0 atom stereocenters. The normalized spacial score (nSPS) is 15.8. The second-order valence-electron chi connectivity index (χ2n) is 8.59. The van der Waals surface area contributed by atoms with E-state index in [0.717, 1.165) is 48.6 Å². The van der Waals surface area contributed by atoms with Crippen molar-refractivity contribution in [2.45, 2.75) is 45.2 Å². The van der Waals surface area contributed by atoms with Crippen LogP contribution in [0.4, 0.5) is 0 Å². The van der Waals surface area contributed by atoms with Crippen molar-refractivity contribution in [3.05, 3.63) is 48.0 Å². The molecule has 0 spiro atoms. The van der Waals surface area contributed by atoms with Gasteiger partial charge in [0.05, 0.1) is 14.2 Å². The van der Waals surface area contributed by atoms with Gasteiger partial charge in [-0.1, -0.05) is 12.1 Å². The average molecular weight is 397 g/mol. The van der Waals surface area contributed by atoms with Gasteiger partial charge in [0, 0.05) is 36.3 Å². The van der Waals surface area contributed by atoms with Crippen molar-refractivity contribution in [1.82, 2.24) is 10.2 Å². The fraction of sp³-hybridized carbons (Fsp3) is 0.458. The Kier molecular flexibility index (Phi) is 6.48. The summed E-state index contributed by atoms with van der Waals surface area (Å²) in [6, 6.07) is 13.6. The highest BCUT2D eigenvalue weighted by atomic mass is 16.5. The summed E-state index contributed by atoms with van der Waals surface area (Å²) in [6.45, 7) is 8.75. The molecule has 0 unspecified atom stereocenters. The van der Waals surface area contributed by atoms with Crippen molar-refractivity contribution in [2.24, 2.45) is 0 Å². The number of ether oxygens (including phenoxy) is 2. The Labute approximate surface area is 174 Å².